The number of rotatable bonds is 5. The zero-order valence-electron chi connectivity index (χ0n) is 17.9. The third-order valence-corrected chi connectivity index (χ3v) is 5.24. The van der Waals surface area contributed by atoms with Crippen molar-refractivity contribution in [2.75, 3.05) is 7.11 Å². The standard InChI is InChI=1S/C23H15F3N4O5/c1-33-14-9-7-13(8-10-14)30-18(22(32)35-29-30)16-15(11-27)21(28)34-20(23(24,25)26)17(16)19(31)12-5-3-2-4-6-12/h2-10,16H,28H2,1H3/p+1. The van der Waals surface area contributed by atoms with Gasteiger partial charge >= 0.3 is 17.5 Å². The molecule has 0 fully saturated rings. The molecule has 0 amide bonds. The van der Waals surface area contributed by atoms with E-state index in [1.807, 2.05) is 0 Å². The van der Waals surface area contributed by atoms with Gasteiger partial charge < -0.3 is 15.2 Å². The molecule has 1 aromatic heterocycles. The molecule has 178 valence electrons. The highest BCUT2D eigenvalue weighted by molar-refractivity contribution is 6.10. The van der Waals surface area contributed by atoms with Gasteiger partial charge in [0.2, 0.25) is 17.3 Å². The van der Waals surface area contributed by atoms with Gasteiger partial charge in [-0.1, -0.05) is 30.3 Å². The van der Waals surface area contributed by atoms with E-state index in [4.69, 9.17) is 19.7 Å². The van der Waals surface area contributed by atoms with Gasteiger partial charge in [0, 0.05) is 17.7 Å². The largest absolute Gasteiger partial charge is 0.497 e. The van der Waals surface area contributed by atoms with Crippen LogP contribution < -0.4 is 20.8 Å². The number of carbonyl (C=O) groups is 1. The van der Waals surface area contributed by atoms with E-state index < -0.39 is 52.0 Å². The fraction of sp³-hybridized carbons (Fsp3) is 0.130. The van der Waals surface area contributed by atoms with Crippen LogP contribution in [0.15, 0.2) is 86.7 Å². The van der Waals surface area contributed by atoms with Crippen LogP contribution in [0.2, 0.25) is 0 Å². The second-order valence-corrected chi connectivity index (χ2v) is 7.26. The first-order valence-corrected chi connectivity index (χ1v) is 9.94. The summed E-state index contributed by atoms with van der Waals surface area (Å²) in [5.41, 5.74) is 2.65. The van der Waals surface area contributed by atoms with Gasteiger partial charge in [-0.2, -0.15) is 18.4 Å². The number of benzene rings is 2. The molecule has 3 N–H and O–H groups in total. The summed E-state index contributed by atoms with van der Waals surface area (Å²) in [6.07, 6.45) is -5.18. The number of nitrogens with two attached hydrogens (primary N) is 1. The Kier molecular flexibility index (Phi) is 5.92. The first-order chi connectivity index (χ1) is 16.7. The van der Waals surface area contributed by atoms with Crippen LogP contribution >= 0.6 is 0 Å². The van der Waals surface area contributed by atoms with E-state index >= 15 is 0 Å². The van der Waals surface area contributed by atoms with Crippen LogP contribution in [0.1, 0.15) is 22.0 Å². The van der Waals surface area contributed by atoms with E-state index in [0.29, 0.717) is 5.75 Å². The lowest BCUT2D eigenvalue weighted by Crippen LogP contribution is -2.43. The number of hydrogen-bond acceptors (Lipinski definition) is 7. The van der Waals surface area contributed by atoms with Crippen LogP contribution in [0, 0.1) is 11.3 Å². The highest BCUT2D eigenvalue weighted by Crippen LogP contribution is 2.44. The molecular weight excluding hydrogens is 469 g/mol. The summed E-state index contributed by atoms with van der Waals surface area (Å²) in [7, 11) is 1.44. The fourth-order valence-electron chi connectivity index (χ4n) is 3.67. The van der Waals surface area contributed by atoms with Crippen LogP contribution in [-0.2, 0) is 4.74 Å². The van der Waals surface area contributed by atoms with Crippen molar-refractivity contribution in [1.29, 1.82) is 5.26 Å². The summed E-state index contributed by atoms with van der Waals surface area (Å²) in [5.74, 6) is -5.12. The van der Waals surface area contributed by atoms with E-state index in [1.165, 1.54) is 55.6 Å². The molecule has 2 heterocycles. The van der Waals surface area contributed by atoms with Gasteiger partial charge in [-0.15, -0.1) is 0 Å². The number of nitriles is 1. The zero-order valence-corrected chi connectivity index (χ0v) is 17.9. The van der Waals surface area contributed by atoms with E-state index in [9.17, 15) is 28.0 Å². The molecule has 0 radical (unpaired) electrons. The number of allylic oxidation sites excluding steroid dienone is 3. The third-order valence-electron chi connectivity index (χ3n) is 5.24. The van der Waals surface area contributed by atoms with Gasteiger partial charge in [0.25, 0.3) is 0 Å². The second-order valence-electron chi connectivity index (χ2n) is 7.26. The van der Waals surface area contributed by atoms with Crippen LogP contribution in [-0.4, -0.2) is 24.3 Å². The molecule has 1 aliphatic heterocycles. The predicted molar refractivity (Wildman–Crippen MR) is 112 cm³/mol. The van der Waals surface area contributed by atoms with Crippen LogP contribution in [0.4, 0.5) is 13.2 Å². The molecule has 12 heteroatoms. The molecule has 9 nitrogen and oxygen atoms in total. The van der Waals surface area contributed by atoms with Gasteiger partial charge in [-0.05, 0) is 22.1 Å². The lowest BCUT2D eigenvalue weighted by atomic mass is 9.82. The van der Waals surface area contributed by atoms with E-state index in [2.05, 4.69) is 5.27 Å². The number of nitrogens with one attached hydrogen (secondary N) is 1. The number of H-pyrrole nitrogens is 1. The highest BCUT2D eigenvalue weighted by Gasteiger charge is 2.52. The van der Waals surface area contributed by atoms with Gasteiger partial charge in [0.05, 0.1) is 12.7 Å². The minimum atomic E-state index is -5.18. The van der Waals surface area contributed by atoms with E-state index in [-0.39, 0.29) is 11.3 Å². The Balaban J connectivity index is 2.02. The summed E-state index contributed by atoms with van der Waals surface area (Å²) in [6, 6.07) is 14.8. The summed E-state index contributed by atoms with van der Waals surface area (Å²) in [6.45, 7) is 0. The number of halogens is 3. The lowest BCUT2D eigenvalue weighted by Gasteiger charge is -2.26. The minimum absolute atomic E-state index is 0.119. The van der Waals surface area contributed by atoms with Crippen LogP contribution in [0.3, 0.4) is 0 Å². The average molecular weight is 485 g/mol. The number of methoxy groups -OCH3 is 1. The maximum Gasteiger partial charge on any atom is 0.450 e. The second kappa shape index (κ2) is 8.86. The molecular formula is C23H16F3N4O5+. The SMILES string of the molecule is COc1ccc(-[n+]2[nH]oc(=O)c2C2C(C#N)=C(N)OC(C(F)(F)F)=C2C(=O)c2ccccc2)cc1. The van der Waals surface area contributed by atoms with Crippen molar-refractivity contribution in [2.24, 2.45) is 5.73 Å². The van der Waals surface area contributed by atoms with Crippen molar-refractivity contribution in [3.05, 3.63) is 99.1 Å². The molecule has 1 unspecified atom stereocenters. The van der Waals surface area contributed by atoms with Crippen molar-refractivity contribution < 1.29 is 36.6 Å². The van der Waals surface area contributed by atoms with E-state index in [1.54, 1.807) is 12.1 Å². The Morgan fingerprint density at radius 1 is 1.17 bits per heavy atom. The van der Waals surface area contributed by atoms with Gasteiger partial charge in [0.1, 0.15) is 23.3 Å². The summed E-state index contributed by atoms with van der Waals surface area (Å²) in [5, 5.41) is 12.1. The number of ether oxygens (including phenoxy) is 2. The van der Waals surface area contributed by atoms with Crippen molar-refractivity contribution in [2.45, 2.75) is 12.1 Å². The molecule has 3 aromatic rings. The maximum absolute atomic E-state index is 14.1. The monoisotopic (exact) mass is 485 g/mol. The quantitative estimate of drug-likeness (QED) is 0.419. The maximum atomic E-state index is 14.1. The molecule has 35 heavy (non-hydrogen) atoms. The fourth-order valence-corrected chi connectivity index (χ4v) is 3.67. The summed E-state index contributed by atoms with van der Waals surface area (Å²) < 4.78 is 57.9. The number of ketones is 1. The molecule has 0 saturated heterocycles. The number of aromatic amines is 1. The number of nitrogens with zero attached hydrogens (tertiary/aromatic N) is 2. The van der Waals surface area contributed by atoms with Crippen LogP contribution in [0.25, 0.3) is 5.69 Å². The lowest BCUT2D eigenvalue weighted by molar-refractivity contribution is -0.677. The van der Waals surface area contributed by atoms with Crippen LogP contribution in [0.5, 0.6) is 5.75 Å². The molecule has 2 aromatic carbocycles. The average Bonchev–Trinajstić information content (AvgIpc) is 3.23. The Morgan fingerprint density at radius 3 is 2.40 bits per heavy atom. The van der Waals surface area contributed by atoms with Crippen molar-refractivity contribution in [3.8, 4) is 17.5 Å². The topological polar surface area (TPSA) is 135 Å². The number of alkyl halides is 3. The molecule has 0 bridgehead atoms. The highest BCUT2D eigenvalue weighted by atomic mass is 19.4. The van der Waals surface area contributed by atoms with Gasteiger partial charge in [0.15, 0.2) is 5.78 Å². The molecule has 0 saturated carbocycles. The van der Waals surface area contributed by atoms with Crippen molar-refractivity contribution >= 4 is 5.78 Å². The van der Waals surface area contributed by atoms with Crippen molar-refractivity contribution in [3.63, 3.8) is 0 Å². The Hall–Kier alpha value is -4.79. The van der Waals surface area contributed by atoms with E-state index in [0.717, 1.165) is 4.68 Å². The minimum Gasteiger partial charge on any atom is -0.497 e. The molecule has 1 atom stereocenters. The van der Waals surface area contributed by atoms with Crippen molar-refractivity contribution in [1.82, 2.24) is 5.27 Å². The zero-order chi connectivity index (χ0) is 25.3. The summed E-state index contributed by atoms with van der Waals surface area (Å²) >= 11 is 0. The first-order valence-electron chi connectivity index (χ1n) is 9.94. The Morgan fingerprint density at radius 2 is 1.83 bits per heavy atom. The third kappa shape index (κ3) is 4.15. The molecule has 1 aliphatic rings. The predicted octanol–water partition coefficient (Wildman–Crippen LogP) is 2.76. The Bertz CT molecular complexity index is 1450. The molecule has 0 spiro atoms. The normalized spacial score (nSPS) is 16.0. The Labute approximate surface area is 195 Å². The number of aromatic nitrogens is 2. The smallest absolute Gasteiger partial charge is 0.450 e. The van der Waals surface area contributed by atoms with Gasteiger partial charge in [-0.3, -0.25) is 9.32 Å². The number of hydrogen-bond donors (Lipinski definition) is 2. The summed E-state index contributed by atoms with van der Waals surface area (Å²) in [4.78, 5) is 26.2. The molecule has 4 rings (SSSR count). The molecule has 0 aliphatic carbocycles. The number of carbonyl (C=O) groups excluding carboxylic acids is 1. The first kappa shape index (κ1) is 23.4. The van der Waals surface area contributed by atoms with Gasteiger partial charge in [-0.25, -0.2) is 4.79 Å². The number of Topliss-reactive ketones (excluding diaryl/α,β-unsaturated/α-hetero) is 1.